The fraction of sp³-hybridized carbons (Fsp3) is 0.250. The summed E-state index contributed by atoms with van der Waals surface area (Å²) in [6.45, 7) is 3.76. The average Bonchev–Trinajstić information content (AvgIpc) is 2.66. The van der Waals surface area contributed by atoms with Crippen molar-refractivity contribution < 1.29 is 21.6 Å². The number of halogens is 3. The smallest absolute Gasteiger partial charge is 0.368 e. The van der Waals surface area contributed by atoms with Crippen LogP contribution in [0.25, 0.3) is 11.5 Å². The molecule has 2 N–H and O–H groups in total. The van der Waals surface area contributed by atoms with E-state index in [-0.39, 0.29) is 28.3 Å². The molecule has 0 aliphatic carbocycles. The van der Waals surface area contributed by atoms with Crippen molar-refractivity contribution in [2.24, 2.45) is 0 Å². The first-order chi connectivity index (χ1) is 14.4. The van der Waals surface area contributed by atoms with Crippen molar-refractivity contribution in [2.75, 3.05) is 16.9 Å². The fourth-order valence-corrected chi connectivity index (χ4v) is 3.33. The Morgan fingerprint density at radius 3 is 2.26 bits per heavy atom. The third kappa shape index (κ3) is 5.91. The Kier molecular flexibility index (Phi) is 6.16. The van der Waals surface area contributed by atoms with Crippen molar-refractivity contribution in [2.45, 2.75) is 31.0 Å². The molecule has 0 fully saturated rings. The summed E-state index contributed by atoms with van der Waals surface area (Å²) in [5, 5.41) is 6.06. The molecule has 11 heteroatoms. The fourth-order valence-electron chi connectivity index (χ4n) is 2.67. The van der Waals surface area contributed by atoms with Gasteiger partial charge in [-0.25, -0.2) is 23.4 Å². The number of alkyl halides is 3. The van der Waals surface area contributed by atoms with E-state index in [9.17, 15) is 21.6 Å². The van der Waals surface area contributed by atoms with E-state index in [0.717, 1.165) is 12.3 Å². The largest absolute Gasteiger partial charge is 0.433 e. The number of rotatable bonds is 6. The van der Waals surface area contributed by atoms with E-state index in [1.54, 1.807) is 18.2 Å². The van der Waals surface area contributed by atoms with Crippen LogP contribution in [0, 0.1) is 0 Å². The SMILES string of the molecule is CC(C)Nc1cc(Nc2cccc(S(C)(=O)=O)c2)nc(-c2cccc(C(F)(F)F)n2)n1. The van der Waals surface area contributed by atoms with Crippen LogP contribution < -0.4 is 10.6 Å². The molecule has 0 bridgehead atoms. The molecule has 0 saturated heterocycles. The van der Waals surface area contributed by atoms with Crippen LogP contribution in [0.1, 0.15) is 19.5 Å². The second-order valence-electron chi connectivity index (χ2n) is 7.09. The van der Waals surface area contributed by atoms with Gasteiger partial charge in [-0.1, -0.05) is 12.1 Å². The highest BCUT2D eigenvalue weighted by molar-refractivity contribution is 7.90. The van der Waals surface area contributed by atoms with Gasteiger partial charge in [-0.3, -0.25) is 0 Å². The molecule has 0 saturated carbocycles. The van der Waals surface area contributed by atoms with Crippen molar-refractivity contribution in [1.29, 1.82) is 0 Å². The predicted octanol–water partition coefficient (Wildman–Crippen LogP) is 4.52. The number of nitrogens with zero attached hydrogens (tertiary/aromatic N) is 3. The summed E-state index contributed by atoms with van der Waals surface area (Å²) in [5.74, 6) is 0.623. The molecule has 0 amide bonds. The van der Waals surface area contributed by atoms with Crippen LogP contribution >= 0.6 is 0 Å². The van der Waals surface area contributed by atoms with E-state index < -0.39 is 21.7 Å². The lowest BCUT2D eigenvalue weighted by Gasteiger charge is -2.14. The summed E-state index contributed by atoms with van der Waals surface area (Å²) in [5.41, 5.74) is -0.651. The molecule has 3 aromatic rings. The van der Waals surface area contributed by atoms with Crippen LogP contribution in [0.4, 0.5) is 30.5 Å². The normalized spacial score (nSPS) is 12.1. The van der Waals surface area contributed by atoms with Gasteiger partial charge in [0.1, 0.15) is 23.0 Å². The molecule has 0 radical (unpaired) electrons. The molecule has 2 heterocycles. The first-order valence-corrected chi connectivity index (χ1v) is 11.1. The van der Waals surface area contributed by atoms with Crippen molar-refractivity contribution in [3.05, 3.63) is 54.2 Å². The average molecular weight is 451 g/mol. The van der Waals surface area contributed by atoms with Gasteiger partial charge in [-0.05, 0) is 44.2 Å². The quantitative estimate of drug-likeness (QED) is 0.569. The van der Waals surface area contributed by atoms with Crippen LogP contribution in [0.15, 0.2) is 53.4 Å². The lowest BCUT2D eigenvalue weighted by Crippen LogP contribution is -2.13. The van der Waals surface area contributed by atoms with Gasteiger partial charge in [0.25, 0.3) is 0 Å². The number of anilines is 3. The third-order valence-corrected chi connectivity index (χ3v) is 5.08. The highest BCUT2D eigenvalue weighted by atomic mass is 32.2. The molecule has 0 aliphatic heterocycles. The molecule has 31 heavy (non-hydrogen) atoms. The predicted molar refractivity (Wildman–Crippen MR) is 112 cm³/mol. The van der Waals surface area contributed by atoms with Gasteiger partial charge in [0.05, 0.1) is 4.90 Å². The number of pyridine rings is 1. The van der Waals surface area contributed by atoms with Crippen LogP contribution in [-0.2, 0) is 16.0 Å². The number of nitrogens with one attached hydrogen (secondary N) is 2. The number of hydrogen-bond donors (Lipinski definition) is 2. The summed E-state index contributed by atoms with van der Waals surface area (Å²) in [4.78, 5) is 12.3. The molecular weight excluding hydrogens is 431 g/mol. The highest BCUT2D eigenvalue weighted by Gasteiger charge is 2.32. The molecule has 0 spiro atoms. The van der Waals surface area contributed by atoms with Crippen molar-refractivity contribution >= 4 is 27.2 Å². The van der Waals surface area contributed by atoms with Gasteiger partial charge < -0.3 is 10.6 Å². The summed E-state index contributed by atoms with van der Waals surface area (Å²) >= 11 is 0. The Morgan fingerprint density at radius 1 is 0.935 bits per heavy atom. The summed E-state index contributed by atoms with van der Waals surface area (Å²) < 4.78 is 62.8. The zero-order valence-corrected chi connectivity index (χ0v) is 17.7. The number of sulfone groups is 1. The second-order valence-corrected chi connectivity index (χ2v) is 9.11. The Morgan fingerprint density at radius 2 is 1.61 bits per heavy atom. The van der Waals surface area contributed by atoms with Crippen LogP contribution in [0.3, 0.4) is 0 Å². The lowest BCUT2D eigenvalue weighted by molar-refractivity contribution is -0.141. The van der Waals surface area contributed by atoms with Crippen LogP contribution in [0.5, 0.6) is 0 Å². The minimum atomic E-state index is -4.60. The summed E-state index contributed by atoms with van der Waals surface area (Å²) in [7, 11) is -3.41. The Labute approximate surface area is 177 Å². The minimum absolute atomic E-state index is 0.00127. The molecular formula is C20H20F3N5O2S. The first-order valence-electron chi connectivity index (χ1n) is 9.19. The van der Waals surface area contributed by atoms with Crippen molar-refractivity contribution in [1.82, 2.24) is 15.0 Å². The van der Waals surface area contributed by atoms with Gasteiger partial charge in [0, 0.05) is 24.1 Å². The molecule has 7 nitrogen and oxygen atoms in total. The van der Waals surface area contributed by atoms with Crippen LogP contribution in [-0.4, -0.2) is 35.7 Å². The number of aromatic nitrogens is 3. The van der Waals surface area contributed by atoms with E-state index >= 15 is 0 Å². The molecule has 1 aromatic carbocycles. The third-order valence-electron chi connectivity index (χ3n) is 3.97. The van der Waals surface area contributed by atoms with E-state index in [0.29, 0.717) is 11.5 Å². The topological polar surface area (TPSA) is 96.9 Å². The van der Waals surface area contributed by atoms with Gasteiger partial charge in [-0.2, -0.15) is 13.2 Å². The van der Waals surface area contributed by atoms with Gasteiger partial charge in [0.2, 0.25) is 0 Å². The van der Waals surface area contributed by atoms with E-state index in [4.69, 9.17) is 0 Å². The van der Waals surface area contributed by atoms with E-state index in [2.05, 4.69) is 25.6 Å². The minimum Gasteiger partial charge on any atom is -0.368 e. The Balaban J connectivity index is 2.04. The monoisotopic (exact) mass is 451 g/mol. The van der Waals surface area contributed by atoms with Gasteiger partial charge >= 0.3 is 6.18 Å². The maximum atomic E-state index is 13.1. The van der Waals surface area contributed by atoms with Crippen molar-refractivity contribution in [3.63, 3.8) is 0 Å². The van der Waals surface area contributed by atoms with Crippen LogP contribution in [0.2, 0.25) is 0 Å². The first kappa shape index (κ1) is 22.5. The summed E-state index contributed by atoms with van der Waals surface area (Å²) in [6, 6.07) is 11.2. The molecule has 2 aromatic heterocycles. The van der Waals surface area contributed by atoms with Crippen molar-refractivity contribution in [3.8, 4) is 11.5 Å². The molecule has 3 rings (SSSR count). The molecule has 0 unspecified atom stereocenters. The summed E-state index contributed by atoms with van der Waals surface area (Å²) in [6.07, 6.45) is -3.50. The maximum Gasteiger partial charge on any atom is 0.433 e. The highest BCUT2D eigenvalue weighted by Crippen LogP contribution is 2.30. The van der Waals surface area contributed by atoms with Gasteiger partial charge in [-0.15, -0.1) is 0 Å². The lowest BCUT2D eigenvalue weighted by atomic mass is 10.2. The zero-order valence-electron chi connectivity index (χ0n) is 16.9. The molecule has 0 atom stereocenters. The molecule has 0 aliphatic rings. The number of benzene rings is 1. The van der Waals surface area contributed by atoms with E-state index in [1.165, 1.54) is 24.3 Å². The Bertz CT molecular complexity index is 1200. The zero-order chi connectivity index (χ0) is 22.8. The standard InChI is InChI=1S/C20H20F3N5O2S/c1-12(2)24-17-11-18(25-13-6-4-7-14(10-13)31(3,29)30)28-19(27-17)15-8-5-9-16(26-15)20(21,22)23/h4-12H,1-3H3,(H2,24,25,27,28). The second kappa shape index (κ2) is 8.50. The maximum absolute atomic E-state index is 13.1. The number of hydrogen-bond acceptors (Lipinski definition) is 7. The Hall–Kier alpha value is -3.21. The molecule has 164 valence electrons. The van der Waals surface area contributed by atoms with Gasteiger partial charge in [0.15, 0.2) is 15.7 Å². The van der Waals surface area contributed by atoms with E-state index in [1.807, 2.05) is 13.8 Å².